The number of hydrazine groups is 1. The van der Waals surface area contributed by atoms with E-state index in [0.29, 0.717) is 6.42 Å². The van der Waals surface area contributed by atoms with E-state index in [2.05, 4.69) is 45.9 Å². The molecule has 1 fully saturated rings. The number of nitrogens with zero attached hydrogens (tertiary/aromatic N) is 1. The molecule has 0 saturated carbocycles. The molecule has 1 saturated heterocycles. The van der Waals surface area contributed by atoms with Crippen molar-refractivity contribution in [1.82, 2.24) is 20.7 Å². The first-order valence-corrected chi connectivity index (χ1v) is 8.13. The highest BCUT2D eigenvalue weighted by Gasteiger charge is 2.28. The number of carbonyl (C=O) groups excluding carboxylic acids is 1. The molecule has 0 spiro atoms. The molecule has 1 amide bonds. The third-order valence-corrected chi connectivity index (χ3v) is 4.37. The van der Waals surface area contributed by atoms with Crippen molar-refractivity contribution in [3.63, 3.8) is 0 Å². The maximum atomic E-state index is 11.5. The predicted octanol–water partition coefficient (Wildman–Crippen LogP) is 2.06. The summed E-state index contributed by atoms with van der Waals surface area (Å²) in [5, 5.41) is 4.15. The number of carbonyl (C=O) groups is 1. The summed E-state index contributed by atoms with van der Waals surface area (Å²) in [5.74, 6) is 0.925. The number of ether oxygens (including phenoxy) is 1. The Labute approximate surface area is 136 Å². The van der Waals surface area contributed by atoms with Crippen molar-refractivity contribution < 1.29 is 9.53 Å². The van der Waals surface area contributed by atoms with Gasteiger partial charge in [-0.3, -0.25) is 4.79 Å². The van der Waals surface area contributed by atoms with Crippen molar-refractivity contribution in [2.45, 2.75) is 45.4 Å². The summed E-state index contributed by atoms with van der Waals surface area (Å²) in [6.07, 6.45) is 1.28. The summed E-state index contributed by atoms with van der Waals surface area (Å²) in [7, 11) is 1.68. The van der Waals surface area contributed by atoms with Crippen molar-refractivity contribution in [2.24, 2.45) is 0 Å². The summed E-state index contributed by atoms with van der Waals surface area (Å²) in [6.45, 7) is 4.90. The molecule has 2 heterocycles. The third-order valence-electron chi connectivity index (χ3n) is 4.37. The van der Waals surface area contributed by atoms with E-state index in [1.165, 1.54) is 16.6 Å². The zero-order valence-corrected chi connectivity index (χ0v) is 13.8. The smallest absolute Gasteiger partial charge is 0.220 e. The van der Waals surface area contributed by atoms with Crippen LogP contribution in [0.3, 0.4) is 0 Å². The molecular weight excluding hydrogens is 292 g/mol. The van der Waals surface area contributed by atoms with Gasteiger partial charge < -0.3 is 14.6 Å². The molecule has 1 aromatic carbocycles. The van der Waals surface area contributed by atoms with Crippen molar-refractivity contribution in [3.8, 4) is 5.75 Å². The largest absolute Gasteiger partial charge is 0.497 e. The lowest BCUT2D eigenvalue weighted by molar-refractivity contribution is -0.121. The lowest BCUT2D eigenvalue weighted by Gasteiger charge is -2.14. The fourth-order valence-electron chi connectivity index (χ4n) is 3.18. The van der Waals surface area contributed by atoms with Crippen LogP contribution in [0, 0.1) is 0 Å². The molecule has 0 bridgehead atoms. The zero-order chi connectivity index (χ0) is 16.4. The molecule has 2 atom stereocenters. The third kappa shape index (κ3) is 3.04. The second kappa shape index (κ2) is 6.60. The average molecular weight is 316 g/mol. The normalized spacial score (nSPS) is 20.8. The van der Waals surface area contributed by atoms with Gasteiger partial charge >= 0.3 is 0 Å². The van der Waals surface area contributed by atoms with Gasteiger partial charge in [-0.05, 0) is 31.2 Å². The van der Waals surface area contributed by atoms with Crippen LogP contribution in [0.15, 0.2) is 24.3 Å². The molecule has 1 aliphatic rings. The van der Waals surface area contributed by atoms with Crippen LogP contribution in [0.4, 0.5) is 0 Å². The molecular formula is C17H24N4O2. The highest BCUT2D eigenvalue weighted by atomic mass is 16.5. The van der Waals surface area contributed by atoms with E-state index in [0.717, 1.165) is 18.7 Å². The molecule has 1 aromatic heterocycles. The SMILES string of the molecule is CCC(=O)NC1CC(c2cc3cc(OC)ccc3n2CC)NN1. The highest BCUT2D eigenvalue weighted by molar-refractivity contribution is 5.83. The Balaban J connectivity index is 1.86. The summed E-state index contributed by atoms with van der Waals surface area (Å²) >= 11 is 0. The number of amides is 1. The molecule has 0 aliphatic carbocycles. The number of nitrogens with one attached hydrogen (secondary N) is 3. The molecule has 23 heavy (non-hydrogen) atoms. The van der Waals surface area contributed by atoms with Crippen molar-refractivity contribution >= 4 is 16.8 Å². The number of hydrogen-bond donors (Lipinski definition) is 3. The van der Waals surface area contributed by atoms with Crippen LogP contribution < -0.4 is 20.9 Å². The first-order chi connectivity index (χ1) is 11.2. The molecule has 1 aliphatic heterocycles. The van der Waals surface area contributed by atoms with Crippen LogP contribution in [0.2, 0.25) is 0 Å². The number of fused-ring (bicyclic) bond motifs is 1. The van der Waals surface area contributed by atoms with E-state index in [-0.39, 0.29) is 18.1 Å². The highest BCUT2D eigenvalue weighted by Crippen LogP contribution is 2.30. The monoisotopic (exact) mass is 316 g/mol. The van der Waals surface area contributed by atoms with E-state index in [1.54, 1.807) is 7.11 Å². The van der Waals surface area contributed by atoms with Crippen molar-refractivity contribution in [1.29, 1.82) is 0 Å². The molecule has 6 heteroatoms. The van der Waals surface area contributed by atoms with Gasteiger partial charge in [-0.2, -0.15) is 0 Å². The van der Waals surface area contributed by atoms with E-state index in [1.807, 2.05) is 13.0 Å². The number of methoxy groups -OCH3 is 1. The molecule has 3 N–H and O–H groups in total. The van der Waals surface area contributed by atoms with Gasteiger partial charge in [0.25, 0.3) is 0 Å². The molecule has 6 nitrogen and oxygen atoms in total. The Morgan fingerprint density at radius 1 is 1.35 bits per heavy atom. The van der Waals surface area contributed by atoms with E-state index in [4.69, 9.17) is 4.74 Å². The Morgan fingerprint density at radius 2 is 2.17 bits per heavy atom. The maximum Gasteiger partial charge on any atom is 0.220 e. The van der Waals surface area contributed by atoms with Crippen molar-refractivity contribution in [3.05, 3.63) is 30.0 Å². The lowest BCUT2D eigenvalue weighted by Crippen LogP contribution is -2.43. The minimum absolute atomic E-state index is 0.0368. The number of benzene rings is 1. The van der Waals surface area contributed by atoms with Crippen LogP contribution in [0.25, 0.3) is 10.9 Å². The van der Waals surface area contributed by atoms with E-state index in [9.17, 15) is 4.79 Å². The lowest BCUT2D eigenvalue weighted by atomic mass is 10.1. The predicted molar refractivity (Wildman–Crippen MR) is 90.0 cm³/mol. The Kier molecular flexibility index (Phi) is 4.54. The Morgan fingerprint density at radius 3 is 2.87 bits per heavy atom. The van der Waals surface area contributed by atoms with Gasteiger partial charge in [-0.1, -0.05) is 6.92 Å². The van der Waals surface area contributed by atoms with Crippen LogP contribution in [-0.4, -0.2) is 23.7 Å². The van der Waals surface area contributed by atoms with Gasteiger partial charge in [0, 0.05) is 36.0 Å². The standard InChI is InChI=1S/C17H24N4O2/c1-4-17(22)18-16-10-13(19-20-16)15-9-11-8-12(23-3)6-7-14(11)21(15)5-2/h6-9,13,16,19-20H,4-5,10H2,1-3H3,(H,18,22). The number of hydrogen-bond acceptors (Lipinski definition) is 4. The second-order valence-corrected chi connectivity index (χ2v) is 5.79. The van der Waals surface area contributed by atoms with Gasteiger partial charge in [0.15, 0.2) is 0 Å². The average Bonchev–Trinajstić information content (AvgIpc) is 3.17. The Bertz CT molecular complexity index is 710. The summed E-state index contributed by atoms with van der Waals surface area (Å²) in [6, 6.07) is 8.51. The zero-order valence-electron chi connectivity index (χ0n) is 13.8. The second-order valence-electron chi connectivity index (χ2n) is 5.79. The van der Waals surface area contributed by atoms with Crippen molar-refractivity contribution in [2.75, 3.05) is 7.11 Å². The van der Waals surface area contributed by atoms with Crippen LogP contribution in [0.5, 0.6) is 5.75 Å². The van der Waals surface area contributed by atoms with Gasteiger partial charge in [0.1, 0.15) is 5.75 Å². The summed E-state index contributed by atoms with van der Waals surface area (Å²) in [4.78, 5) is 11.5. The fraction of sp³-hybridized carbons (Fsp3) is 0.471. The van der Waals surface area contributed by atoms with Gasteiger partial charge in [-0.15, -0.1) is 0 Å². The first kappa shape index (κ1) is 15.8. The first-order valence-electron chi connectivity index (χ1n) is 8.13. The topological polar surface area (TPSA) is 67.3 Å². The number of aryl methyl sites for hydroxylation is 1. The molecule has 3 rings (SSSR count). The van der Waals surface area contributed by atoms with Gasteiger partial charge in [0.05, 0.1) is 19.3 Å². The van der Waals surface area contributed by atoms with Crippen LogP contribution >= 0.6 is 0 Å². The summed E-state index contributed by atoms with van der Waals surface area (Å²) in [5.41, 5.74) is 8.89. The molecule has 0 radical (unpaired) electrons. The van der Waals surface area contributed by atoms with Gasteiger partial charge in [0.2, 0.25) is 5.91 Å². The van der Waals surface area contributed by atoms with E-state index >= 15 is 0 Å². The minimum atomic E-state index is -0.0368. The molecule has 2 aromatic rings. The summed E-state index contributed by atoms with van der Waals surface area (Å²) < 4.78 is 7.62. The minimum Gasteiger partial charge on any atom is -0.497 e. The fourth-order valence-corrected chi connectivity index (χ4v) is 3.18. The Hall–Kier alpha value is -2.05. The maximum absolute atomic E-state index is 11.5. The molecule has 124 valence electrons. The van der Waals surface area contributed by atoms with Crippen LogP contribution in [-0.2, 0) is 11.3 Å². The van der Waals surface area contributed by atoms with Gasteiger partial charge in [-0.25, -0.2) is 10.9 Å². The number of aromatic nitrogens is 1. The number of rotatable bonds is 5. The quantitative estimate of drug-likeness (QED) is 0.790. The van der Waals surface area contributed by atoms with E-state index < -0.39 is 0 Å². The van der Waals surface area contributed by atoms with Crippen LogP contribution in [0.1, 0.15) is 38.4 Å². The molecule has 2 unspecified atom stereocenters.